The molecular weight excluding hydrogens is 320 g/mol. The lowest BCUT2D eigenvalue weighted by atomic mass is 10.1. The number of carbonyl (C=O) groups is 2. The van der Waals surface area contributed by atoms with Crippen molar-refractivity contribution in [3.63, 3.8) is 0 Å². The Balaban J connectivity index is 1.66. The van der Waals surface area contributed by atoms with Crippen LogP contribution in [0.25, 0.3) is 0 Å². The lowest BCUT2D eigenvalue weighted by Gasteiger charge is -2.28. The first-order valence-electron chi connectivity index (χ1n) is 7.94. The SMILES string of the molecule is Cc1ccc(C)c(NC(=O)CCN2C(=O)CSc3ccccc32)c1. The lowest BCUT2D eigenvalue weighted by molar-refractivity contribution is -0.117. The number of anilines is 2. The molecule has 2 amide bonds. The number of benzene rings is 2. The Morgan fingerprint density at radius 1 is 1.21 bits per heavy atom. The van der Waals surface area contributed by atoms with E-state index in [2.05, 4.69) is 5.32 Å². The van der Waals surface area contributed by atoms with Crippen molar-refractivity contribution in [2.24, 2.45) is 0 Å². The molecule has 0 fully saturated rings. The number of amides is 2. The molecule has 0 spiro atoms. The Morgan fingerprint density at radius 3 is 2.83 bits per heavy atom. The van der Waals surface area contributed by atoms with Gasteiger partial charge < -0.3 is 10.2 Å². The van der Waals surface area contributed by atoms with Crippen LogP contribution in [0.3, 0.4) is 0 Å². The summed E-state index contributed by atoms with van der Waals surface area (Å²) < 4.78 is 0. The fourth-order valence-corrected chi connectivity index (χ4v) is 3.63. The maximum absolute atomic E-state index is 12.3. The monoisotopic (exact) mass is 340 g/mol. The van der Waals surface area contributed by atoms with Crippen molar-refractivity contribution >= 4 is 35.0 Å². The van der Waals surface area contributed by atoms with Gasteiger partial charge in [0.2, 0.25) is 11.8 Å². The number of rotatable bonds is 4. The van der Waals surface area contributed by atoms with Crippen LogP contribution in [0.2, 0.25) is 0 Å². The number of nitrogens with zero attached hydrogens (tertiary/aromatic N) is 1. The molecule has 1 heterocycles. The van der Waals surface area contributed by atoms with Gasteiger partial charge in [0.25, 0.3) is 0 Å². The largest absolute Gasteiger partial charge is 0.326 e. The normalized spacial score (nSPS) is 13.6. The Hall–Kier alpha value is -2.27. The summed E-state index contributed by atoms with van der Waals surface area (Å²) in [6, 6.07) is 13.8. The number of nitrogens with one attached hydrogen (secondary N) is 1. The smallest absolute Gasteiger partial charge is 0.237 e. The summed E-state index contributed by atoms with van der Waals surface area (Å²) in [6.45, 7) is 4.36. The standard InChI is InChI=1S/C19H20N2O2S/c1-13-7-8-14(2)15(11-13)20-18(22)9-10-21-16-5-3-4-6-17(16)24-12-19(21)23/h3-8,11H,9-10,12H2,1-2H3,(H,20,22). The van der Waals surface area contributed by atoms with E-state index < -0.39 is 0 Å². The first-order chi connectivity index (χ1) is 11.5. The fraction of sp³-hybridized carbons (Fsp3) is 0.263. The highest BCUT2D eigenvalue weighted by molar-refractivity contribution is 8.00. The molecule has 1 N–H and O–H groups in total. The summed E-state index contributed by atoms with van der Waals surface area (Å²) in [6.07, 6.45) is 0.276. The van der Waals surface area contributed by atoms with Gasteiger partial charge in [0.05, 0.1) is 11.4 Å². The highest BCUT2D eigenvalue weighted by atomic mass is 32.2. The molecule has 2 aromatic rings. The highest BCUT2D eigenvalue weighted by Crippen LogP contribution is 2.34. The zero-order valence-electron chi connectivity index (χ0n) is 13.8. The number of hydrogen-bond acceptors (Lipinski definition) is 3. The van der Waals surface area contributed by atoms with E-state index in [1.54, 1.807) is 16.7 Å². The second-order valence-electron chi connectivity index (χ2n) is 5.92. The average Bonchev–Trinajstić information content (AvgIpc) is 2.57. The van der Waals surface area contributed by atoms with Crippen LogP contribution < -0.4 is 10.2 Å². The van der Waals surface area contributed by atoms with Crippen molar-refractivity contribution in [3.05, 3.63) is 53.6 Å². The molecule has 0 aromatic heterocycles. The predicted molar refractivity (Wildman–Crippen MR) is 98.7 cm³/mol. The van der Waals surface area contributed by atoms with Gasteiger partial charge in [-0.1, -0.05) is 24.3 Å². The van der Waals surface area contributed by atoms with Crippen molar-refractivity contribution in [2.75, 3.05) is 22.5 Å². The average molecular weight is 340 g/mol. The molecule has 5 heteroatoms. The molecule has 0 aliphatic carbocycles. The van der Waals surface area contributed by atoms with E-state index in [0.717, 1.165) is 27.4 Å². The first kappa shape index (κ1) is 16.6. The van der Waals surface area contributed by atoms with E-state index in [0.29, 0.717) is 12.3 Å². The molecule has 3 rings (SSSR count). The first-order valence-corrected chi connectivity index (χ1v) is 8.92. The van der Waals surface area contributed by atoms with Gasteiger partial charge in [-0.25, -0.2) is 0 Å². The summed E-state index contributed by atoms with van der Waals surface area (Å²) in [7, 11) is 0. The molecule has 124 valence electrons. The van der Waals surface area contributed by atoms with Gasteiger partial charge >= 0.3 is 0 Å². The third-order valence-corrected chi connectivity index (χ3v) is 5.09. The molecule has 1 aliphatic heterocycles. The number of thioether (sulfide) groups is 1. The Morgan fingerprint density at radius 2 is 2.00 bits per heavy atom. The van der Waals surface area contributed by atoms with Gasteiger partial charge in [-0.2, -0.15) is 0 Å². The third kappa shape index (κ3) is 3.62. The molecule has 1 aliphatic rings. The van der Waals surface area contributed by atoms with Gasteiger partial charge in [0.15, 0.2) is 0 Å². The van der Waals surface area contributed by atoms with E-state index in [-0.39, 0.29) is 18.2 Å². The van der Waals surface area contributed by atoms with Crippen molar-refractivity contribution in [2.45, 2.75) is 25.2 Å². The van der Waals surface area contributed by atoms with Crippen LogP contribution >= 0.6 is 11.8 Å². The van der Waals surface area contributed by atoms with Crippen molar-refractivity contribution in [1.29, 1.82) is 0 Å². The van der Waals surface area contributed by atoms with Crippen LogP contribution in [0.1, 0.15) is 17.5 Å². The summed E-state index contributed by atoms with van der Waals surface area (Å²) >= 11 is 1.55. The molecule has 2 aromatic carbocycles. The summed E-state index contributed by atoms with van der Waals surface area (Å²) in [4.78, 5) is 27.3. The van der Waals surface area contributed by atoms with Gasteiger partial charge in [0, 0.05) is 23.5 Å². The molecule has 4 nitrogen and oxygen atoms in total. The molecule has 0 bridgehead atoms. The van der Waals surface area contributed by atoms with Gasteiger partial charge in [-0.15, -0.1) is 11.8 Å². The maximum atomic E-state index is 12.3. The quantitative estimate of drug-likeness (QED) is 0.922. The van der Waals surface area contributed by atoms with Gasteiger partial charge in [0.1, 0.15) is 0 Å². The third-order valence-electron chi connectivity index (χ3n) is 4.04. The minimum Gasteiger partial charge on any atom is -0.326 e. The minimum atomic E-state index is -0.0767. The Kier molecular flexibility index (Phi) is 4.90. The second kappa shape index (κ2) is 7.09. The lowest BCUT2D eigenvalue weighted by Crippen LogP contribution is -2.37. The van der Waals surface area contributed by atoms with Crippen molar-refractivity contribution in [3.8, 4) is 0 Å². The van der Waals surface area contributed by atoms with Gasteiger partial charge in [-0.05, 0) is 43.2 Å². The number of hydrogen-bond donors (Lipinski definition) is 1. The topological polar surface area (TPSA) is 49.4 Å². The molecule has 0 atom stereocenters. The van der Waals surface area contributed by atoms with Crippen LogP contribution in [0.15, 0.2) is 47.4 Å². The molecule has 0 saturated heterocycles. The zero-order chi connectivity index (χ0) is 17.1. The number of fused-ring (bicyclic) bond motifs is 1. The van der Waals surface area contributed by atoms with E-state index in [1.807, 2.05) is 56.3 Å². The predicted octanol–water partition coefficient (Wildman–Crippen LogP) is 3.77. The van der Waals surface area contributed by atoms with Crippen LogP contribution in [-0.4, -0.2) is 24.1 Å². The number of para-hydroxylation sites is 1. The summed E-state index contributed by atoms with van der Waals surface area (Å²) in [5.41, 5.74) is 3.87. The van der Waals surface area contributed by atoms with E-state index in [9.17, 15) is 9.59 Å². The van der Waals surface area contributed by atoms with E-state index in [4.69, 9.17) is 0 Å². The summed E-state index contributed by atoms with van der Waals surface area (Å²) in [5, 5.41) is 2.95. The Bertz CT molecular complexity index is 789. The molecular formula is C19H20N2O2S. The molecule has 0 radical (unpaired) electrons. The van der Waals surface area contributed by atoms with Crippen LogP contribution in [0, 0.1) is 13.8 Å². The minimum absolute atomic E-state index is 0.0539. The van der Waals surface area contributed by atoms with Crippen molar-refractivity contribution < 1.29 is 9.59 Å². The second-order valence-corrected chi connectivity index (χ2v) is 6.94. The summed E-state index contributed by atoms with van der Waals surface area (Å²) in [5.74, 6) is 0.403. The Labute approximate surface area is 146 Å². The highest BCUT2D eigenvalue weighted by Gasteiger charge is 2.24. The van der Waals surface area contributed by atoms with Crippen molar-refractivity contribution in [1.82, 2.24) is 0 Å². The zero-order valence-corrected chi connectivity index (χ0v) is 14.7. The maximum Gasteiger partial charge on any atom is 0.237 e. The van der Waals surface area contributed by atoms with Crippen LogP contribution in [0.4, 0.5) is 11.4 Å². The van der Waals surface area contributed by atoms with Gasteiger partial charge in [-0.3, -0.25) is 9.59 Å². The van der Waals surface area contributed by atoms with E-state index in [1.165, 1.54) is 0 Å². The van der Waals surface area contributed by atoms with Crippen LogP contribution in [-0.2, 0) is 9.59 Å². The molecule has 0 saturated carbocycles. The molecule has 24 heavy (non-hydrogen) atoms. The molecule has 0 unspecified atom stereocenters. The number of carbonyl (C=O) groups excluding carboxylic acids is 2. The van der Waals surface area contributed by atoms with Crippen LogP contribution in [0.5, 0.6) is 0 Å². The number of aryl methyl sites for hydroxylation is 2. The fourth-order valence-electron chi connectivity index (χ4n) is 2.70. The van der Waals surface area contributed by atoms with E-state index >= 15 is 0 Å².